The van der Waals surface area contributed by atoms with E-state index in [0.717, 1.165) is 0 Å². The second-order valence-electron chi connectivity index (χ2n) is 6.02. The maximum atomic E-state index is 13.4. The lowest BCUT2D eigenvalue weighted by Crippen LogP contribution is -2.12. The summed E-state index contributed by atoms with van der Waals surface area (Å²) >= 11 is -0.313. The second kappa shape index (κ2) is 6.31. The molecule has 14 heteroatoms. The van der Waals surface area contributed by atoms with Crippen LogP contribution in [-0.2, 0) is 24.7 Å². The summed E-state index contributed by atoms with van der Waals surface area (Å²) in [5.74, 6) is -2.28. The van der Waals surface area contributed by atoms with Crippen molar-refractivity contribution in [1.82, 2.24) is 0 Å². The van der Waals surface area contributed by atoms with E-state index < -0.39 is 72.9 Å². The Morgan fingerprint density at radius 2 is 1.07 bits per heavy atom. The normalized spacial score (nSPS) is 14.1. The number of phenols is 1. The Morgan fingerprint density at radius 3 is 1.50 bits per heavy atom. The number of benzene rings is 2. The Morgan fingerprint density at radius 1 is 0.567 bits per heavy atom. The molecule has 0 amide bonds. The summed E-state index contributed by atoms with van der Waals surface area (Å²) in [7, 11) is 0. The first-order chi connectivity index (χ1) is 13.3. The Bertz CT molecular complexity index is 1140. The first-order valence-corrected chi connectivity index (χ1v) is 8.20. The maximum absolute atomic E-state index is 13.4. The number of rotatable bonds is 0. The van der Waals surface area contributed by atoms with E-state index in [1.807, 2.05) is 0 Å². The molecule has 1 N–H and O–H groups in total. The molecule has 1 heterocycles. The quantitative estimate of drug-likeness (QED) is 0.331. The lowest BCUT2D eigenvalue weighted by molar-refractivity contribution is -0.145. The summed E-state index contributed by atoms with van der Waals surface area (Å²) in [6.07, 6.45) is -22.0. The summed E-state index contributed by atoms with van der Waals surface area (Å²) in [6.45, 7) is 0. The Balaban J connectivity index is 2.64. The van der Waals surface area contributed by atoms with Crippen LogP contribution in [0.1, 0.15) is 22.3 Å². The number of halogens is 12. The highest BCUT2D eigenvalue weighted by molar-refractivity contribution is 7.26. The number of hydrogen-bond acceptors (Lipinski definition) is 2. The molecule has 0 saturated heterocycles. The van der Waals surface area contributed by atoms with Crippen LogP contribution in [0, 0.1) is 0 Å². The van der Waals surface area contributed by atoms with Gasteiger partial charge in [-0.1, -0.05) is 0 Å². The first kappa shape index (κ1) is 22.3. The lowest BCUT2D eigenvalue weighted by Gasteiger charge is -2.16. The van der Waals surface area contributed by atoms with Crippen molar-refractivity contribution in [2.75, 3.05) is 0 Å². The van der Waals surface area contributed by atoms with Gasteiger partial charge in [-0.2, -0.15) is 52.7 Å². The maximum Gasteiger partial charge on any atom is 0.421 e. The molecule has 0 saturated carbocycles. The predicted molar refractivity (Wildman–Crippen MR) is 81.0 cm³/mol. The Labute approximate surface area is 161 Å². The molecular weight excluding hydrogens is 468 g/mol. The molecule has 0 radical (unpaired) electrons. The molecule has 30 heavy (non-hydrogen) atoms. The van der Waals surface area contributed by atoms with Crippen LogP contribution >= 0.6 is 11.3 Å². The minimum absolute atomic E-state index is 0.0424. The fourth-order valence-electron chi connectivity index (χ4n) is 2.86. The highest BCUT2D eigenvalue weighted by atomic mass is 32.1. The third kappa shape index (κ3) is 3.61. The van der Waals surface area contributed by atoms with Gasteiger partial charge in [-0.3, -0.25) is 0 Å². The van der Waals surface area contributed by atoms with Gasteiger partial charge in [0, 0.05) is 15.5 Å². The smallest absolute Gasteiger partial charge is 0.421 e. The van der Waals surface area contributed by atoms with E-state index in [2.05, 4.69) is 0 Å². The molecule has 3 rings (SSSR count). The summed E-state index contributed by atoms with van der Waals surface area (Å²) < 4.78 is 156. The highest BCUT2D eigenvalue weighted by Gasteiger charge is 2.45. The van der Waals surface area contributed by atoms with Gasteiger partial charge in [-0.25, -0.2) is 0 Å². The molecule has 0 bridgehead atoms. The van der Waals surface area contributed by atoms with Gasteiger partial charge in [-0.15, -0.1) is 11.3 Å². The third-order valence-corrected chi connectivity index (χ3v) is 5.33. The third-order valence-electron chi connectivity index (χ3n) is 4.06. The number of thiophene rings is 1. The van der Waals surface area contributed by atoms with Gasteiger partial charge < -0.3 is 5.11 Å². The van der Waals surface area contributed by atoms with Gasteiger partial charge in [0.25, 0.3) is 0 Å². The van der Waals surface area contributed by atoms with Crippen molar-refractivity contribution in [3.63, 3.8) is 0 Å². The van der Waals surface area contributed by atoms with E-state index in [4.69, 9.17) is 0 Å². The molecule has 0 aliphatic carbocycles. The van der Waals surface area contributed by atoms with Gasteiger partial charge >= 0.3 is 24.7 Å². The van der Waals surface area contributed by atoms with Crippen molar-refractivity contribution in [2.45, 2.75) is 24.7 Å². The molecule has 0 aliphatic rings. The van der Waals surface area contributed by atoms with Gasteiger partial charge in [0.2, 0.25) is 0 Å². The van der Waals surface area contributed by atoms with Crippen LogP contribution in [0.15, 0.2) is 18.2 Å². The van der Waals surface area contributed by atoms with Gasteiger partial charge in [0.15, 0.2) is 0 Å². The predicted octanol–water partition coefficient (Wildman–Crippen LogP) is 7.84. The summed E-state index contributed by atoms with van der Waals surface area (Å²) in [5.41, 5.74) is -8.39. The summed E-state index contributed by atoms with van der Waals surface area (Å²) in [6, 6.07) is -0.394. The van der Waals surface area contributed by atoms with Crippen LogP contribution in [-0.4, -0.2) is 5.11 Å². The van der Waals surface area contributed by atoms with Crippen molar-refractivity contribution in [3.8, 4) is 5.75 Å². The summed E-state index contributed by atoms with van der Waals surface area (Å²) in [5, 5.41) is 7.31. The minimum atomic E-state index is -5.64. The molecule has 1 nitrogen and oxygen atoms in total. The minimum Gasteiger partial charge on any atom is -0.507 e. The van der Waals surface area contributed by atoms with Crippen molar-refractivity contribution in [3.05, 3.63) is 40.5 Å². The zero-order valence-electron chi connectivity index (χ0n) is 13.6. The van der Waals surface area contributed by atoms with Gasteiger partial charge in [0.05, 0.1) is 21.4 Å². The average Bonchev–Trinajstić information content (AvgIpc) is 2.86. The monoisotopic (exact) mass is 472 g/mol. The molecule has 0 fully saturated rings. The van der Waals surface area contributed by atoms with Crippen molar-refractivity contribution in [1.29, 1.82) is 0 Å². The van der Waals surface area contributed by atoms with Crippen LogP contribution in [0.2, 0.25) is 0 Å². The molecule has 2 aromatic carbocycles. The lowest BCUT2D eigenvalue weighted by atomic mass is 9.99. The van der Waals surface area contributed by atoms with Crippen LogP contribution < -0.4 is 0 Å². The number of fused-ring (bicyclic) bond motifs is 3. The molecule has 3 aromatic rings. The molecule has 164 valence electrons. The molecular formula is C16H4F12OS. The average molecular weight is 472 g/mol. The SMILES string of the molecule is Oc1c(C(F)(F)F)cc2c(sc3c(C(F)(F)F)cc(C(F)(F)F)cc32)c1C(F)(F)F. The van der Waals surface area contributed by atoms with Gasteiger partial charge in [-0.05, 0) is 18.2 Å². The van der Waals surface area contributed by atoms with Crippen LogP contribution in [0.5, 0.6) is 5.75 Å². The fraction of sp³-hybridized carbons (Fsp3) is 0.250. The first-order valence-electron chi connectivity index (χ1n) is 7.38. The second-order valence-corrected chi connectivity index (χ2v) is 7.04. The fourth-order valence-corrected chi connectivity index (χ4v) is 4.22. The van der Waals surface area contributed by atoms with E-state index in [1.165, 1.54) is 0 Å². The number of alkyl halides is 12. The standard InChI is InChI=1S/C16H4F12OS/c17-13(18,19)4-1-5-6-3-7(14(20,21)22)10(29)9(16(26,27)28)12(6)30-11(5)8(2-4)15(23,24)25/h1-3,29H. The van der Waals surface area contributed by atoms with Crippen LogP contribution in [0.25, 0.3) is 20.2 Å². The number of phenolic OH excluding ortho intramolecular Hbond substituents is 1. The van der Waals surface area contributed by atoms with E-state index in [9.17, 15) is 57.8 Å². The molecule has 0 unspecified atom stereocenters. The number of aromatic hydroxyl groups is 1. The van der Waals surface area contributed by atoms with E-state index in [-0.39, 0.29) is 29.5 Å². The van der Waals surface area contributed by atoms with Crippen molar-refractivity contribution < 1.29 is 57.8 Å². The van der Waals surface area contributed by atoms with Crippen molar-refractivity contribution >= 4 is 31.5 Å². The molecule has 0 aliphatic heterocycles. The van der Waals surface area contributed by atoms with Crippen LogP contribution in [0.4, 0.5) is 52.7 Å². The Hall–Kier alpha value is -2.38. The topological polar surface area (TPSA) is 20.2 Å². The summed E-state index contributed by atoms with van der Waals surface area (Å²) in [4.78, 5) is 0. The van der Waals surface area contributed by atoms with E-state index >= 15 is 0 Å². The van der Waals surface area contributed by atoms with Gasteiger partial charge in [0.1, 0.15) is 11.3 Å². The Kier molecular flexibility index (Phi) is 4.69. The van der Waals surface area contributed by atoms with Crippen LogP contribution in [0.3, 0.4) is 0 Å². The zero-order chi connectivity index (χ0) is 23.0. The van der Waals surface area contributed by atoms with E-state index in [1.54, 1.807) is 0 Å². The van der Waals surface area contributed by atoms with E-state index in [0.29, 0.717) is 0 Å². The molecule has 1 aromatic heterocycles. The largest absolute Gasteiger partial charge is 0.507 e. The number of hydrogen-bond donors (Lipinski definition) is 1. The van der Waals surface area contributed by atoms with Crippen molar-refractivity contribution in [2.24, 2.45) is 0 Å². The zero-order valence-corrected chi connectivity index (χ0v) is 14.4. The molecule has 0 atom stereocenters. The highest BCUT2D eigenvalue weighted by Crippen LogP contribution is 2.53. The molecule has 0 spiro atoms.